The zero-order chi connectivity index (χ0) is 11.8. The van der Waals surface area contributed by atoms with Gasteiger partial charge in [0.05, 0.1) is 12.8 Å². The Morgan fingerprint density at radius 2 is 1.50 bits per heavy atom. The molecule has 0 aliphatic heterocycles. The minimum absolute atomic E-state index is 0.140. The summed E-state index contributed by atoms with van der Waals surface area (Å²) in [4.78, 5) is 0. The topological polar surface area (TPSA) is 35.2 Å². The maximum Gasteiger partial charge on any atom is 0.149 e. The normalized spacial score (nSPS) is 8.88. The third-order valence-corrected chi connectivity index (χ3v) is 1.87. The Labute approximate surface area is 94.5 Å². The first-order chi connectivity index (χ1) is 7.74. The van der Waals surface area contributed by atoms with Crippen LogP contribution in [-0.4, -0.2) is 7.11 Å². The van der Waals surface area contributed by atoms with Gasteiger partial charge < -0.3 is 10.5 Å². The van der Waals surface area contributed by atoms with Gasteiger partial charge in [0.15, 0.2) is 0 Å². The highest BCUT2D eigenvalue weighted by Crippen LogP contribution is 2.16. The average molecular weight is 219 g/mol. The van der Waals surface area contributed by atoms with Gasteiger partial charge in [-0.3, -0.25) is 0 Å². The van der Waals surface area contributed by atoms with Gasteiger partial charge >= 0.3 is 0 Å². The molecule has 0 saturated carbocycles. The summed E-state index contributed by atoms with van der Waals surface area (Å²) in [5.41, 5.74) is 5.35. The van der Waals surface area contributed by atoms with Crippen LogP contribution in [0.2, 0.25) is 0 Å². The molecular weight excluding hydrogens is 205 g/mol. The summed E-state index contributed by atoms with van der Waals surface area (Å²) in [5.74, 6) is 0.0334. The number of ether oxygens (including phenoxy) is 1. The first-order valence-electron chi connectivity index (χ1n) is 4.83. The van der Waals surface area contributed by atoms with Crippen molar-refractivity contribution in [3.05, 3.63) is 60.4 Å². The lowest BCUT2D eigenvalue weighted by atomic mass is 10.3. The van der Waals surface area contributed by atoms with Crippen molar-refractivity contribution in [1.29, 1.82) is 0 Å². The Kier molecular flexibility index (Phi) is 4.86. The molecule has 0 saturated heterocycles. The predicted molar refractivity (Wildman–Crippen MR) is 63.8 cm³/mol. The fourth-order valence-corrected chi connectivity index (χ4v) is 1.02. The molecule has 0 heterocycles. The molecule has 0 atom stereocenters. The lowest BCUT2D eigenvalue weighted by Crippen LogP contribution is -1.90. The van der Waals surface area contributed by atoms with E-state index in [1.807, 2.05) is 36.4 Å². The number of benzene rings is 2. The molecule has 3 heteroatoms. The number of rotatable bonds is 1. The second-order valence-corrected chi connectivity index (χ2v) is 3.04. The van der Waals surface area contributed by atoms with Crippen LogP contribution in [0.15, 0.2) is 54.6 Å². The van der Waals surface area contributed by atoms with E-state index in [0.717, 1.165) is 0 Å². The van der Waals surface area contributed by atoms with E-state index in [0.29, 0.717) is 5.75 Å². The summed E-state index contributed by atoms with van der Waals surface area (Å²) in [7, 11) is 1.48. The molecule has 0 fully saturated rings. The fourth-order valence-electron chi connectivity index (χ4n) is 1.02. The Morgan fingerprint density at radius 1 is 1.00 bits per heavy atom. The number of nitrogens with two attached hydrogens (primary N) is 1. The van der Waals surface area contributed by atoms with Crippen molar-refractivity contribution in [2.24, 2.45) is 0 Å². The smallest absolute Gasteiger partial charge is 0.149 e. The second-order valence-electron chi connectivity index (χ2n) is 3.04. The predicted octanol–water partition coefficient (Wildman–Crippen LogP) is 3.10. The molecule has 0 aliphatic carbocycles. The van der Waals surface area contributed by atoms with E-state index in [1.54, 1.807) is 6.07 Å². The van der Waals surface area contributed by atoms with Crippen LogP contribution in [0.3, 0.4) is 0 Å². The van der Waals surface area contributed by atoms with Crippen molar-refractivity contribution < 1.29 is 9.13 Å². The van der Waals surface area contributed by atoms with Crippen LogP contribution in [0.25, 0.3) is 0 Å². The molecule has 2 N–H and O–H groups in total. The van der Waals surface area contributed by atoms with Gasteiger partial charge in [-0.15, -0.1) is 0 Å². The highest BCUT2D eigenvalue weighted by atomic mass is 19.1. The van der Waals surface area contributed by atoms with E-state index in [1.165, 1.54) is 19.2 Å². The van der Waals surface area contributed by atoms with Crippen LogP contribution in [0.1, 0.15) is 0 Å². The first-order valence-corrected chi connectivity index (χ1v) is 4.83. The van der Waals surface area contributed by atoms with Crippen LogP contribution >= 0.6 is 0 Å². The second kappa shape index (κ2) is 6.45. The number of hydrogen-bond donors (Lipinski definition) is 1. The van der Waals surface area contributed by atoms with Crippen LogP contribution in [-0.2, 0) is 0 Å². The van der Waals surface area contributed by atoms with E-state index in [9.17, 15) is 4.39 Å². The van der Waals surface area contributed by atoms with Crippen molar-refractivity contribution in [3.63, 3.8) is 0 Å². The first kappa shape index (κ1) is 12.0. The molecule has 84 valence electrons. The van der Waals surface area contributed by atoms with Crippen molar-refractivity contribution >= 4 is 5.69 Å². The Hall–Kier alpha value is -2.03. The minimum Gasteiger partial charge on any atom is -0.497 e. The zero-order valence-electron chi connectivity index (χ0n) is 9.06. The van der Waals surface area contributed by atoms with Crippen LogP contribution in [0.5, 0.6) is 5.75 Å². The van der Waals surface area contributed by atoms with E-state index < -0.39 is 5.82 Å². The van der Waals surface area contributed by atoms with Gasteiger partial charge in [0.2, 0.25) is 0 Å². The molecule has 0 bridgehead atoms. The highest BCUT2D eigenvalue weighted by molar-refractivity contribution is 5.43. The van der Waals surface area contributed by atoms with E-state index >= 15 is 0 Å². The van der Waals surface area contributed by atoms with Crippen molar-refractivity contribution in [1.82, 2.24) is 0 Å². The minimum atomic E-state index is -0.445. The maximum atomic E-state index is 12.6. The van der Waals surface area contributed by atoms with Gasteiger partial charge in [-0.2, -0.15) is 0 Å². The Bertz CT molecular complexity index is 391. The van der Waals surface area contributed by atoms with E-state index in [4.69, 9.17) is 10.5 Å². The Balaban J connectivity index is 0.000000181. The average Bonchev–Trinajstić information content (AvgIpc) is 2.36. The van der Waals surface area contributed by atoms with Gasteiger partial charge in [0.1, 0.15) is 11.6 Å². The highest BCUT2D eigenvalue weighted by Gasteiger charge is 1.97. The monoisotopic (exact) mass is 219 g/mol. The third-order valence-electron chi connectivity index (χ3n) is 1.87. The molecule has 2 nitrogen and oxygen atoms in total. The molecule has 0 aromatic heterocycles. The maximum absolute atomic E-state index is 12.6. The van der Waals surface area contributed by atoms with Gasteiger partial charge in [0, 0.05) is 6.07 Å². The summed E-state index contributed by atoms with van der Waals surface area (Å²) in [6.45, 7) is 0. The van der Waals surface area contributed by atoms with E-state index in [-0.39, 0.29) is 5.69 Å². The number of methoxy groups -OCH3 is 1. The summed E-state index contributed by atoms with van der Waals surface area (Å²) < 4.78 is 17.3. The van der Waals surface area contributed by atoms with Gasteiger partial charge in [-0.1, -0.05) is 36.4 Å². The SMILES string of the molecule is COc1ccc(N)c(F)c1.c1ccccc1. The number of nitrogen functional groups attached to an aromatic ring is 1. The van der Waals surface area contributed by atoms with Crippen molar-refractivity contribution in [2.45, 2.75) is 0 Å². The Morgan fingerprint density at radius 3 is 1.88 bits per heavy atom. The number of halogens is 1. The molecule has 0 spiro atoms. The van der Waals surface area contributed by atoms with Gasteiger partial charge in [-0.25, -0.2) is 4.39 Å². The quantitative estimate of drug-likeness (QED) is 0.748. The summed E-state index contributed by atoms with van der Waals surface area (Å²) in [6, 6.07) is 16.3. The van der Waals surface area contributed by atoms with Crippen LogP contribution < -0.4 is 10.5 Å². The lowest BCUT2D eigenvalue weighted by Gasteiger charge is -1.99. The van der Waals surface area contributed by atoms with Crippen LogP contribution in [0, 0.1) is 5.82 Å². The fraction of sp³-hybridized carbons (Fsp3) is 0.0769. The summed E-state index contributed by atoms with van der Waals surface area (Å²) >= 11 is 0. The van der Waals surface area contributed by atoms with E-state index in [2.05, 4.69) is 0 Å². The summed E-state index contributed by atoms with van der Waals surface area (Å²) in [6.07, 6.45) is 0. The standard InChI is InChI=1S/C7H8FNO.C6H6/c1-10-5-2-3-7(9)6(8)4-5;1-2-4-6-5-3-1/h2-4H,9H2,1H3;1-6H. The summed E-state index contributed by atoms with van der Waals surface area (Å²) in [5, 5.41) is 0. The molecule has 0 amide bonds. The number of anilines is 1. The molecule has 2 rings (SSSR count). The molecule has 0 radical (unpaired) electrons. The molecule has 0 unspecified atom stereocenters. The lowest BCUT2D eigenvalue weighted by molar-refractivity contribution is 0.411. The largest absolute Gasteiger partial charge is 0.497 e. The van der Waals surface area contributed by atoms with Gasteiger partial charge in [-0.05, 0) is 12.1 Å². The van der Waals surface area contributed by atoms with Crippen molar-refractivity contribution in [2.75, 3.05) is 12.8 Å². The molecule has 2 aromatic carbocycles. The zero-order valence-corrected chi connectivity index (χ0v) is 9.06. The number of hydrogen-bond acceptors (Lipinski definition) is 2. The van der Waals surface area contributed by atoms with Gasteiger partial charge in [0.25, 0.3) is 0 Å². The molecular formula is C13H14FNO. The molecule has 2 aromatic rings. The van der Waals surface area contributed by atoms with Crippen LogP contribution in [0.4, 0.5) is 10.1 Å². The molecule has 0 aliphatic rings. The van der Waals surface area contributed by atoms with Crippen molar-refractivity contribution in [3.8, 4) is 5.75 Å². The third kappa shape index (κ3) is 4.00. The molecule has 16 heavy (non-hydrogen) atoms.